The van der Waals surface area contributed by atoms with Gasteiger partial charge < -0.3 is 29.5 Å². The average Bonchev–Trinajstić information content (AvgIpc) is 3.27. The third-order valence-corrected chi connectivity index (χ3v) is 6.98. The number of aliphatic hydroxyl groups is 3. The Kier molecular flexibility index (Phi) is 7.77. The van der Waals surface area contributed by atoms with Crippen LogP contribution in [0.1, 0.15) is 22.3 Å². The third-order valence-electron chi connectivity index (χ3n) is 6.98. The Morgan fingerprint density at radius 1 is 0.605 bits per heavy atom. The van der Waals surface area contributed by atoms with Crippen LogP contribution >= 0.6 is 0 Å². The van der Waals surface area contributed by atoms with Crippen molar-refractivity contribution >= 4 is 0 Å². The Labute approximate surface area is 222 Å². The largest absolute Gasteiger partial charge is 0.491 e. The molecule has 2 atom stereocenters. The quantitative estimate of drug-likeness (QED) is 0.246. The van der Waals surface area contributed by atoms with E-state index in [4.69, 9.17) is 19.3 Å². The maximum Gasteiger partial charge on any atom is 0.119 e. The van der Waals surface area contributed by atoms with E-state index in [-0.39, 0.29) is 26.4 Å². The minimum Gasteiger partial charge on any atom is -0.491 e. The highest BCUT2D eigenvalue weighted by atomic mass is 16.5. The van der Waals surface area contributed by atoms with Crippen molar-refractivity contribution in [2.24, 2.45) is 0 Å². The number of aliphatic hydroxyl groups excluding tert-OH is 3. The number of ether oxygens (including phenoxy) is 3. The second kappa shape index (κ2) is 11.4. The Morgan fingerprint density at radius 2 is 1.05 bits per heavy atom. The van der Waals surface area contributed by atoms with Crippen molar-refractivity contribution in [3.05, 3.63) is 119 Å². The number of benzene rings is 4. The van der Waals surface area contributed by atoms with E-state index in [0.717, 1.165) is 11.1 Å². The first kappa shape index (κ1) is 25.9. The van der Waals surface area contributed by atoms with Gasteiger partial charge >= 0.3 is 0 Å². The first-order chi connectivity index (χ1) is 18.6. The minimum absolute atomic E-state index is 0.0210. The van der Waals surface area contributed by atoms with Gasteiger partial charge in [-0.05, 0) is 57.6 Å². The lowest BCUT2D eigenvalue weighted by Crippen LogP contribution is -2.28. The van der Waals surface area contributed by atoms with Gasteiger partial charge in [0.15, 0.2) is 0 Å². The highest BCUT2D eigenvalue weighted by Gasteiger charge is 2.45. The van der Waals surface area contributed by atoms with E-state index in [2.05, 4.69) is 72.8 Å². The van der Waals surface area contributed by atoms with Crippen molar-refractivity contribution < 1.29 is 29.5 Å². The second-order valence-electron chi connectivity index (χ2n) is 9.46. The van der Waals surface area contributed by atoms with Crippen LogP contribution < -0.4 is 9.47 Å². The van der Waals surface area contributed by atoms with Crippen LogP contribution in [0.3, 0.4) is 0 Å². The molecule has 4 aromatic rings. The molecule has 2 unspecified atom stereocenters. The van der Waals surface area contributed by atoms with Crippen molar-refractivity contribution in [1.82, 2.24) is 0 Å². The van der Waals surface area contributed by atoms with Gasteiger partial charge in [0.05, 0.1) is 18.6 Å². The van der Waals surface area contributed by atoms with Crippen LogP contribution in [-0.2, 0) is 10.2 Å². The third kappa shape index (κ3) is 4.79. The molecule has 0 aliphatic heterocycles. The summed E-state index contributed by atoms with van der Waals surface area (Å²) in [7, 11) is 1.55. The summed E-state index contributed by atoms with van der Waals surface area (Å²) < 4.78 is 16.5. The lowest BCUT2D eigenvalue weighted by molar-refractivity contribution is 0.0325. The minimum atomic E-state index is -0.925. The van der Waals surface area contributed by atoms with Crippen LogP contribution in [0.4, 0.5) is 0 Å². The van der Waals surface area contributed by atoms with Crippen molar-refractivity contribution in [2.45, 2.75) is 17.6 Å². The smallest absolute Gasteiger partial charge is 0.119 e. The molecule has 6 nitrogen and oxygen atoms in total. The van der Waals surface area contributed by atoms with Gasteiger partial charge in [0, 0.05) is 7.11 Å². The molecule has 0 aromatic heterocycles. The summed E-state index contributed by atoms with van der Waals surface area (Å²) in [6.45, 7) is 0.0386. The molecule has 1 aliphatic rings. The number of hydrogen-bond acceptors (Lipinski definition) is 6. The van der Waals surface area contributed by atoms with Crippen molar-refractivity contribution in [3.8, 4) is 22.6 Å². The molecule has 196 valence electrons. The van der Waals surface area contributed by atoms with E-state index >= 15 is 0 Å². The van der Waals surface area contributed by atoms with E-state index in [1.807, 2.05) is 24.3 Å². The highest BCUT2D eigenvalue weighted by molar-refractivity contribution is 5.86. The second-order valence-corrected chi connectivity index (χ2v) is 9.46. The normalized spacial score (nSPS) is 14.8. The van der Waals surface area contributed by atoms with E-state index in [9.17, 15) is 10.2 Å². The predicted molar refractivity (Wildman–Crippen MR) is 146 cm³/mol. The van der Waals surface area contributed by atoms with Gasteiger partial charge in [-0.1, -0.05) is 72.8 Å². The molecule has 0 radical (unpaired) electrons. The van der Waals surface area contributed by atoms with Crippen molar-refractivity contribution in [1.29, 1.82) is 0 Å². The van der Waals surface area contributed by atoms with Crippen LogP contribution in [0.25, 0.3) is 11.1 Å². The number of rotatable bonds is 11. The first-order valence-electron chi connectivity index (χ1n) is 12.7. The zero-order valence-corrected chi connectivity index (χ0v) is 21.3. The van der Waals surface area contributed by atoms with E-state index in [1.54, 1.807) is 7.11 Å². The van der Waals surface area contributed by atoms with Gasteiger partial charge in [-0.2, -0.15) is 0 Å². The van der Waals surface area contributed by atoms with E-state index in [0.29, 0.717) is 11.5 Å². The van der Waals surface area contributed by atoms with Crippen molar-refractivity contribution in [2.75, 3.05) is 33.5 Å². The molecule has 0 saturated heterocycles. The van der Waals surface area contributed by atoms with Gasteiger partial charge in [-0.3, -0.25) is 0 Å². The summed E-state index contributed by atoms with van der Waals surface area (Å²) in [4.78, 5) is 0. The fourth-order valence-electron chi connectivity index (χ4n) is 5.30. The molecule has 0 saturated carbocycles. The van der Waals surface area contributed by atoms with Gasteiger partial charge in [-0.15, -0.1) is 0 Å². The predicted octanol–water partition coefficient (Wildman–Crippen LogP) is 4.17. The molecule has 6 heteroatoms. The molecule has 38 heavy (non-hydrogen) atoms. The zero-order chi connectivity index (χ0) is 26.5. The molecule has 0 bridgehead atoms. The molecule has 5 rings (SSSR count). The fourth-order valence-corrected chi connectivity index (χ4v) is 5.30. The Balaban J connectivity index is 1.58. The standard InChI is InChI=1S/C32H32O6/c1-36-19-25(35)21-38-27-16-12-23(13-17-27)32(22-10-14-26(15-11-22)37-20-24(34)18-33)30-8-4-2-6-28(30)29-7-3-5-9-31(29)32/h2-17,24-25,33-35H,18-21H2,1H3. The summed E-state index contributed by atoms with van der Waals surface area (Å²) in [6, 6.07) is 32.9. The molecule has 0 amide bonds. The molecule has 1 aliphatic carbocycles. The average molecular weight is 513 g/mol. The molecule has 0 spiro atoms. The van der Waals surface area contributed by atoms with Crippen LogP contribution in [0, 0.1) is 0 Å². The molecule has 0 fully saturated rings. The molecular weight excluding hydrogens is 480 g/mol. The zero-order valence-electron chi connectivity index (χ0n) is 21.3. The van der Waals surface area contributed by atoms with Crippen LogP contribution in [-0.4, -0.2) is 61.1 Å². The molecule has 4 aromatic carbocycles. The maximum atomic E-state index is 9.96. The number of methoxy groups -OCH3 is 1. The molecule has 3 N–H and O–H groups in total. The summed E-state index contributed by atoms with van der Waals surface area (Å²) in [6.07, 6.45) is -1.62. The van der Waals surface area contributed by atoms with E-state index in [1.165, 1.54) is 22.3 Å². The monoisotopic (exact) mass is 512 g/mol. The lowest BCUT2D eigenvalue weighted by Gasteiger charge is -2.34. The Hall–Kier alpha value is -3.68. The van der Waals surface area contributed by atoms with Gasteiger partial charge in [0.2, 0.25) is 0 Å². The number of hydrogen-bond donors (Lipinski definition) is 3. The van der Waals surface area contributed by atoms with Crippen LogP contribution in [0.2, 0.25) is 0 Å². The Morgan fingerprint density at radius 3 is 1.50 bits per heavy atom. The number of fused-ring (bicyclic) bond motifs is 3. The van der Waals surface area contributed by atoms with Gasteiger partial charge in [0.1, 0.15) is 36.9 Å². The van der Waals surface area contributed by atoms with Gasteiger partial charge in [-0.25, -0.2) is 0 Å². The SMILES string of the molecule is COCC(O)COc1ccc(C2(c3ccc(OCC(O)CO)cc3)c3ccccc3-c3ccccc32)cc1. The van der Waals surface area contributed by atoms with Crippen molar-refractivity contribution in [3.63, 3.8) is 0 Å². The topological polar surface area (TPSA) is 88.4 Å². The fraction of sp³-hybridized carbons (Fsp3) is 0.250. The molecule has 0 heterocycles. The summed E-state index contributed by atoms with van der Waals surface area (Å²) in [5.74, 6) is 1.29. The Bertz CT molecular complexity index is 1300. The summed E-state index contributed by atoms with van der Waals surface area (Å²) in [5.41, 5.74) is 6.36. The molecular formula is C32H32O6. The van der Waals surface area contributed by atoms with E-state index < -0.39 is 17.6 Å². The maximum absolute atomic E-state index is 9.96. The van der Waals surface area contributed by atoms with Crippen LogP contribution in [0.15, 0.2) is 97.1 Å². The lowest BCUT2D eigenvalue weighted by atomic mass is 9.68. The summed E-state index contributed by atoms with van der Waals surface area (Å²) in [5, 5.41) is 28.7. The highest BCUT2D eigenvalue weighted by Crippen LogP contribution is 2.56. The van der Waals surface area contributed by atoms with Crippen LogP contribution in [0.5, 0.6) is 11.5 Å². The van der Waals surface area contributed by atoms with Gasteiger partial charge in [0.25, 0.3) is 0 Å². The first-order valence-corrected chi connectivity index (χ1v) is 12.7. The summed E-state index contributed by atoms with van der Waals surface area (Å²) >= 11 is 0.